The van der Waals surface area contributed by atoms with Gasteiger partial charge >= 0.3 is 6.18 Å². The zero-order valence-electron chi connectivity index (χ0n) is 10.3. The highest BCUT2D eigenvalue weighted by molar-refractivity contribution is 5.85. The minimum Gasteiger partial charge on any atom is -0.352 e. The molecule has 0 bridgehead atoms. The highest BCUT2D eigenvalue weighted by Crippen LogP contribution is 2.29. The Morgan fingerprint density at radius 1 is 1.32 bits per heavy atom. The summed E-state index contributed by atoms with van der Waals surface area (Å²) in [6.45, 7) is 2.07. The van der Waals surface area contributed by atoms with Crippen molar-refractivity contribution < 1.29 is 18.0 Å². The van der Waals surface area contributed by atoms with E-state index >= 15 is 0 Å². The predicted molar refractivity (Wildman–Crippen MR) is 69.1 cm³/mol. The number of nitrogens with one attached hydrogen (secondary N) is 1. The van der Waals surface area contributed by atoms with E-state index in [1.54, 1.807) is 6.92 Å². The van der Waals surface area contributed by atoms with Gasteiger partial charge in [-0.25, -0.2) is 0 Å². The molecular weight excluding hydrogens is 281 g/mol. The van der Waals surface area contributed by atoms with E-state index in [4.69, 9.17) is 5.73 Å². The van der Waals surface area contributed by atoms with Crippen LogP contribution in [0.5, 0.6) is 0 Å². The minimum atomic E-state index is -4.35. The summed E-state index contributed by atoms with van der Waals surface area (Å²) in [5.74, 6) is -0.257. The topological polar surface area (TPSA) is 55.1 Å². The molecule has 0 aliphatic heterocycles. The molecule has 3 nitrogen and oxygen atoms in total. The Labute approximate surface area is 115 Å². The first-order valence-electron chi connectivity index (χ1n) is 5.48. The van der Waals surface area contributed by atoms with Crippen LogP contribution >= 0.6 is 12.4 Å². The standard InChI is InChI=1S/C12H15F3N2O.ClH/c1-8(7-16)17-11(18)6-9-2-4-10(5-3-9)12(13,14)15;/h2-5,8H,6-7,16H2,1H3,(H,17,18);1H/t8-;/m0./s1. The van der Waals surface area contributed by atoms with E-state index in [0.717, 1.165) is 12.1 Å². The molecule has 0 unspecified atom stereocenters. The summed E-state index contributed by atoms with van der Waals surface area (Å²) in [6, 6.07) is 4.39. The SMILES string of the molecule is C[C@@H](CN)NC(=O)Cc1ccc(C(F)(F)F)cc1.Cl. The average molecular weight is 297 g/mol. The van der Waals surface area contributed by atoms with Gasteiger partial charge in [-0.1, -0.05) is 12.1 Å². The lowest BCUT2D eigenvalue weighted by atomic mass is 10.1. The van der Waals surface area contributed by atoms with E-state index < -0.39 is 11.7 Å². The number of alkyl halides is 3. The van der Waals surface area contributed by atoms with E-state index in [1.165, 1.54) is 12.1 Å². The maximum Gasteiger partial charge on any atom is 0.416 e. The van der Waals surface area contributed by atoms with Crippen LogP contribution in [-0.4, -0.2) is 18.5 Å². The maximum absolute atomic E-state index is 12.3. The third-order valence-corrected chi connectivity index (χ3v) is 2.41. The van der Waals surface area contributed by atoms with Gasteiger partial charge in [0.15, 0.2) is 0 Å². The first kappa shape index (κ1) is 17.7. The lowest BCUT2D eigenvalue weighted by Gasteiger charge is -2.11. The third kappa shape index (κ3) is 5.94. The summed E-state index contributed by atoms with van der Waals surface area (Å²) in [5, 5.41) is 2.64. The number of hydrogen-bond donors (Lipinski definition) is 2. The summed E-state index contributed by atoms with van der Waals surface area (Å²) in [7, 11) is 0. The normalized spacial score (nSPS) is 12.5. The van der Waals surface area contributed by atoms with Crippen molar-refractivity contribution in [3.63, 3.8) is 0 Å². The molecule has 108 valence electrons. The fraction of sp³-hybridized carbons (Fsp3) is 0.417. The van der Waals surface area contributed by atoms with E-state index in [0.29, 0.717) is 12.1 Å². The number of amides is 1. The van der Waals surface area contributed by atoms with Gasteiger partial charge in [0.05, 0.1) is 12.0 Å². The Kier molecular flexibility index (Phi) is 6.86. The van der Waals surface area contributed by atoms with E-state index in [1.807, 2.05) is 0 Å². The number of rotatable bonds is 4. The van der Waals surface area contributed by atoms with E-state index in [2.05, 4.69) is 5.32 Å². The minimum absolute atomic E-state index is 0. The summed E-state index contributed by atoms with van der Waals surface area (Å²) >= 11 is 0. The molecule has 1 rings (SSSR count). The second-order valence-electron chi connectivity index (χ2n) is 4.08. The monoisotopic (exact) mass is 296 g/mol. The van der Waals surface area contributed by atoms with E-state index in [-0.39, 0.29) is 30.8 Å². The number of carbonyl (C=O) groups is 1. The molecule has 0 saturated heterocycles. The second-order valence-corrected chi connectivity index (χ2v) is 4.08. The molecule has 3 N–H and O–H groups in total. The van der Waals surface area contributed by atoms with Crippen LogP contribution in [0.15, 0.2) is 24.3 Å². The molecule has 1 aromatic carbocycles. The van der Waals surface area contributed by atoms with Crippen LogP contribution in [0.2, 0.25) is 0 Å². The van der Waals surface area contributed by atoms with Gasteiger partial charge in [0.25, 0.3) is 0 Å². The first-order valence-corrected chi connectivity index (χ1v) is 5.48. The third-order valence-electron chi connectivity index (χ3n) is 2.41. The van der Waals surface area contributed by atoms with Crippen LogP contribution in [0.4, 0.5) is 13.2 Å². The van der Waals surface area contributed by atoms with Gasteiger partial charge < -0.3 is 11.1 Å². The van der Waals surface area contributed by atoms with Gasteiger partial charge in [-0.05, 0) is 24.6 Å². The fourth-order valence-corrected chi connectivity index (χ4v) is 1.38. The van der Waals surface area contributed by atoms with Crippen molar-refractivity contribution in [2.75, 3.05) is 6.54 Å². The van der Waals surface area contributed by atoms with Crippen LogP contribution in [0.25, 0.3) is 0 Å². The van der Waals surface area contributed by atoms with Crippen molar-refractivity contribution >= 4 is 18.3 Å². The van der Waals surface area contributed by atoms with Crippen molar-refractivity contribution in [2.24, 2.45) is 5.73 Å². The molecule has 0 aliphatic rings. The van der Waals surface area contributed by atoms with Gasteiger partial charge in [-0.15, -0.1) is 12.4 Å². The molecule has 0 heterocycles. The van der Waals surface area contributed by atoms with Crippen molar-refractivity contribution in [1.82, 2.24) is 5.32 Å². The molecule has 0 fully saturated rings. The quantitative estimate of drug-likeness (QED) is 0.894. The molecule has 1 atom stereocenters. The van der Waals surface area contributed by atoms with Gasteiger partial charge in [0.2, 0.25) is 5.91 Å². The molecule has 1 aromatic rings. The Bertz CT molecular complexity index is 406. The molecule has 0 spiro atoms. The smallest absolute Gasteiger partial charge is 0.352 e. The maximum atomic E-state index is 12.3. The number of benzene rings is 1. The Balaban J connectivity index is 0.00000324. The van der Waals surface area contributed by atoms with E-state index in [9.17, 15) is 18.0 Å². The molecule has 0 aromatic heterocycles. The summed E-state index contributed by atoms with van der Waals surface area (Å²) < 4.78 is 36.9. The van der Waals surface area contributed by atoms with Crippen LogP contribution in [0.3, 0.4) is 0 Å². The molecule has 1 amide bonds. The first-order chi connectivity index (χ1) is 8.32. The van der Waals surface area contributed by atoms with Gasteiger partial charge in [0, 0.05) is 12.6 Å². The lowest BCUT2D eigenvalue weighted by molar-refractivity contribution is -0.137. The zero-order chi connectivity index (χ0) is 13.8. The Morgan fingerprint density at radius 2 is 1.84 bits per heavy atom. The second kappa shape index (κ2) is 7.35. The Hall–Kier alpha value is -1.27. The highest BCUT2D eigenvalue weighted by atomic mass is 35.5. The number of nitrogens with two attached hydrogens (primary N) is 1. The molecule has 0 radical (unpaired) electrons. The lowest BCUT2D eigenvalue weighted by Crippen LogP contribution is -2.38. The zero-order valence-corrected chi connectivity index (χ0v) is 11.1. The van der Waals surface area contributed by atoms with Crippen molar-refractivity contribution in [3.8, 4) is 0 Å². The fourth-order valence-electron chi connectivity index (χ4n) is 1.38. The van der Waals surface area contributed by atoms with Crippen LogP contribution in [0, 0.1) is 0 Å². The Morgan fingerprint density at radius 3 is 2.26 bits per heavy atom. The van der Waals surface area contributed by atoms with Crippen LogP contribution in [-0.2, 0) is 17.4 Å². The van der Waals surface area contributed by atoms with Gasteiger partial charge in [-0.3, -0.25) is 4.79 Å². The summed E-state index contributed by atoms with van der Waals surface area (Å²) in [5.41, 5.74) is 5.15. The summed E-state index contributed by atoms with van der Waals surface area (Å²) in [4.78, 5) is 11.5. The average Bonchev–Trinajstić information content (AvgIpc) is 2.28. The molecule has 7 heteroatoms. The molecular formula is C12H16ClF3N2O. The molecule has 19 heavy (non-hydrogen) atoms. The number of hydrogen-bond acceptors (Lipinski definition) is 2. The van der Waals surface area contributed by atoms with Crippen molar-refractivity contribution in [1.29, 1.82) is 0 Å². The summed E-state index contributed by atoms with van der Waals surface area (Å²) in [6.07, 6.45) is -4.31. The highest BCUT2D eigenvalue weighted by Gasteiger charge is 2.29. The number of carbonyl (C=O) groups excluding carboxylic acids is 1. The van der Waals surface area contributed by atoms with Crippen LogP contribution in [0.1, 0.15) is 18.1 Å². The predicted octanol–water partition coefficient (Wildman–Crippen LogP) is 2.13. The van der Waals surface area contributed by atoms with Crippen molar-refractivity contribution in [2.45, 2.75) is 25.6 Å². The van der Waals surface area contributed by atoms with Gasteiger partial charge in [0.1, 0.15) is 0 Å². The molecule has 0 aliphatic carbocycles. The van der Waals surface area contributed by atoms with Gasteiger partial charge in [-0.2, -0.15) is 13.2 Å². The number of halogens is 4. The van der Waals surface area contributed by atoms with Crippen LogP contribution < -0.4 is 11.1 Å². The van der Waals surface area contributed by atoms with Crippen molar-refractivity contribution in [3.05, 3.63) is 35.4 Å². The largest absolute Gasteiger partial charge is 0.416 e. The molecule has 0 saturated carbocycles.